The topological polar surface area (TPSA) is 76.1 Å². The first-order valence-corrected chi connectivity index (χ1v) is 11.9. The fourth-order valence-corrected chi connectivity index (χ4v) is 4.61. The summed E-state index contributed by atoms with van der Waals surface area (Å²) in [6.45, 7) is 11.6. The molecule has 0 spiro atoms. The highest BCUT2D eigenvalue weighted by Gasteiger charge is 2.47. The molecule has 0 aliphatic carbocycles. The van der Waals surface area contributed by atoms with Crippen LogP contribution in [0.2, 0.25) is 0 Å². The molecule has 6 nitrogen and oxygen atoms in total. The summed E-state index contributed by atoms with van der Waals surface area (Å²) in [5.74, 6) is -0.826. The molecule has 1 aliphatic heterocycles. The fourth-order valence-electron chi connectivity index (χ4n) is 4.61. The zero-order chi connectivity index (χ0) is 22.6. The van der Waals surface area contributed by atoms with Crippen molar-refractivity contribution in [3.8, 4) is 0 Å². The van der Waals surface area contributed by atoms with Crippen molar-refractivity contribution in [3.05, 3.63) is 0 Å². The van der Waals surface area contributed by atoms with Gasteiger partial charge in [-0.2, -0.15) is 5.06 Å². The Bertz CT molecular complexity index is 500. The molecule has 1 fully saturated rings. The van der Waals surface area contributed by atoms with E-state index in [2.05, 4.69) is 39.7 Å². The molecule has 1 N–H and O–H groups in total. The fraction of sp³-hybridized carbons (Fsp3) is 0.917. The van der Waals surface area contributed by atoms with Gasteiger partial charge in [0.25, 0.3) is 0 Å². The van der Waals surface area contributed by atoms with Crippen LogP contribution in [-0.2, 0) is 19.2 Å². The van der Waals surface area contributed by atoms with Crippen molar-refractivity contribution in [2.75, 3.05) is 6.61 Å². The minimum absolute atomic E-state index is 0.0750. The van der Waals surface area contributed by atoms with E-state index >= 15 is 0 Å². The second-order valence-electron chi connectivity index (χ2n) is 9.99. The number of hydrogen-bond donors (Lipinski definition) is 1. The number of hydroxylamine groups is 2. The van der Waals surface area contributed by atoms with E-state index in [1.165, 1.54) is 12.8 Å². The van der Waals surface area contributed by atoms with Gasteiger partial charge in [-0.05, 0) is 47.0 Å². The van der Waals surface area contributed by atoms with E-state index in [-0.39, 0.29) is 29.6 Å². The summed E-state index contributed by atoms with van der Waals surface area (Å²) in [4.78, 5) is 29.0. The minimum Gasteiger partial charge on any atom is -0.481 e. The molecule has 0 radical (unpaired) electrons. The molecule has 0 aromatic rings. The number of carboxylic acids is 1. The molecule has 30 heavy (non-hydrogen) atoms. The van der Waals surface area contributed by atoms with Crippen LogP contribution in [-0.4, -0.2) is 45.9 Å². The van der Waals surface area contributed by atoms with Crippen LogP contribution in [0.1, 0.15) is 118 Å². The van der Waals surface area contributed by atoms with E-state index in [4.69, 9.17) is 14.7 Å². The van der Waals surface area contributed by atoms with Crippen LogP contribution in [0.3, 0.4) is 0 Å². The number of rotatable bonds is 15. The van der Waals surface area contributed by atoms with Crippen molar-refractivity contribution in [2.24, 2.45) is 0 Å². The van der Waals surface area contributed by atoms with Gasteiger partial charge in [-0.1, -0.05) is 45.4 Å². The number of carbonyl (C=O) groups is 2. The number of hydrogen-bond acceptors (Lipinski definition) is 5. The Morgan fingerprint density at radius 2 is 1.40 bits per heavy atom. The quantitative estimate of drug-likeness (QED) is 0.260. The molecule has 0 bridgehead atoms. The van der Waals surface area contributed by atoms with E-state index < -0.39 is 5.97 Å². The predicted octanol–water partition coefficient (Wildman–Crippen LogP) is 5.88. The maximum atomic E-state index is 12.3. The Hall–Kier alpha value is -1.14. The first-order chi connectivity index (χ1) is 14.1. The zero-order valence-electron chi connectivity index (χ0n) is 20.0. The van der Waals surface area contributed by atoms with Crippen molar-refractivity contribution in [1.82, 2.24) is 5.06 Å². The van der Waals surface area contributed by atoms with E-state index in [1.807, 2.05) is 0 Å². The highest BCUT2D eigenvalue weighted by atomic mass is 16.7. The molecule has 176 valence electrons. The lowest BCUT2D eigenvalue weighted by Crippen LogP contribution is -2.62. The summed E-state index contributed by atoms with van der Waals surface area (Å²) in [5.41, 5.74) is -0.371. The smallest absolute Gasteiger partial charge is 0.306 e. The van der Waals surface area contributed by atoms with Crippen LogP contribution in [0.15, 0.2) is 0 Å². The summed E-state index contributed by atoms with van der Waals surface area (Å²) in [6.07, 6.45) is 11.2. The lowest BCUT2D eigenvalue weighted by molar-refractivity contribution is -0.293. The van der Waals surface area contributed by atoms with Gasteiger partial charge in [0, 0.05) is 36.8 Å². The second-order valence-corrected chi connectivity index (χ2v) is 9.99. The summed E-state index contributed by atoms with van der Waals surface area (Å²) < 4.78 is 5.84. The van der Waals surface area contributed by atoms with Crippen LogP contribution in [0.4, 0.5) is 0 Å². The molecule has 0 aromatic carbocycles. The van der Waals surface area contributed by atoms with Crippen molar-refractivity contribution in [3.63, 3.8) is 0 Å². The number of aliphatic carboxylic acids is 1. The van der Waals surface area contributed by atoms with Gasteiger partial charge >= 0.3 is 11.9 Å². The summed E-state index contributed by atoms with van der Waals surface area (Å²) >= 11 is 0. The molecule has 1 rings (SSSR count). The highest BCUT2D eigenvalue weighted by molar-refractivity contribution is 5.69. The normalized spacial score (nSPS) is 19.0. The van der Waals surface area contributed by atoms with Gasteiger partial charge in [-0.3, -0.25) is 14.4 Å². The molecular formula is C24H45NO5. The molecule has 0 amide bonds. The van der Waals surface area contributed by atoms with Crippen LogP contribution in [0.25, 0.3) is 0 Å². The average Bonchev–Trinajstić information content (AvgIpc) is 2.61. The molecular weight excluding hydrogens is 382 g/mol. The van der Waals surface area contributed by atoms with Gasteiger partial charge in [0.05, 0.1) is 6.61 Å². The largest absolute Gasteiger partial charge is 0.481 e. The number of carbonyl (C=O) groups excluding carboxylic acids is 1. The highest BCUT2D eigenvalue weighted by Crippen LogP contribution is 2.40. The van der Waals surface area contributed by atoms with E-state index in [1.54, 1.807) is 0 Å². The van der Waals surface area contributed by atoms with Crippen molar-refractivity contribution in [2.45, 2.75) is 135 Å². The van der Waals surface area contributed by atoms with Crippen LogP contribution >= 0.6 is 0 Å². The summed E-state index contributed by atoms with van der Waals surface area (Å²) in [5, 5.41) is 10.8. The average molecular weight is 428 g/mol. The SMILES string of the molecule is CCCCCON1C(C)(C)CC(OC(=O)CCCCCCCCC(=O)O)CC1(C)C. The third kappa shape index (κ3) is 10.3. The van der Waals surface area contributed by atoms with Gasteiger partial charge in [0.1, 0.15) is 6.10 Å². The maximum Gasteiger partial charge on any atom is 0.306 e. The number of carboxylic acid groups (broad SMARTS) is 1. The van der Waals surface area contributed by atoms with Crippen LogP contribution in [0, 0.1) is 0 Å². The molecule has 1 aliphatic rings. The van der Waals surface area contributed by atoms with Gasteiger partial charge in [0.2, 0.25) is 0 Å². The van der Waals surface area contributed by atoms with Crippen molar-refractivity contribution >= 4 is 11.9 Å². The Balaban J connectivity index is 2.32. The van der Waals surface area contributed by atoms with E-state index in [0.29, 0.717) is 6.42 Å². The molecule has 0 aromatic heterocycles. The first-order valence-electron chi connectivity index (χ1n) is 11.9. The van der Waals surface area contributed by atoms with Gasteiger partial charge in [0.15, 0.2) is 0 Å². The van der Waals surface area contributed by atoms with Crippen molar-refractivity contribution < 1.29 is 24.3 Å². The number of nitrogens with zero attached hydrogens (tertiary/aromatic N) is 1. The number of esters is 1. The number of ether oxygens (including phenoxy) is 1. The van der Waals surface area contributed by atoms with Gasteiger partial charge in [-0.15, -0.1) is 0 Å². The van der Waals surface area contributed by atoms with E-state index in [0.717, 1.165) is 64.4 Å². The molecule has 0 saturated carbocycles. The third-order valence-electron chi connectivity index (χ3n) is 5.84. The Morgan fingerprint density at radius 1 is 0.867 bits per heavy atom. The summed E-state index contributed by atoms with van der Waals surface area (Å²) in [7, 11) is 0. The zero-order valence-corrected chi connectivity index (χ0v) is 20.0. The van der Waals surface area contributed by atoms with Gasteiger partial charge in [-0.25, -0.2) is 0 Å². The lowest BCUT2D eigenvalue weighted by Gasteiger charge is -2.53. The minimum atomic E-state index is -0.724. The van der Waals surface area contributed by atoms with Crippen LogP contribution < -0.4 is 0 Å². The van der Waals surface area contributed by atoms with Crippen molar-refractivity contribution in [1.29, 1.82) is 0 Å². The first kappa shape index (κ1) is 26.9. The molecule has 1 saturated heterocycles. The Labute approximate surface area is 183 Å². The van der Waals surface area contributed by atoms with Gasteiger partial charge < -0.3 is 9.84 Å². The lowest BCUT2D eigenvalue weighted by atomic mass is 9.80. The number of piperidine rings is 1. The maximum absolute atomic E-state index is 12.3. The third-order valence-corrected chi connectivity index (χ3v) is 5.84. The number of unbranched alkanes of at least 4 members (excludes halogenated alkanes) is 7. The monoisotopic (exact) mass is 427 g/mol. The Morgan fingerprint density at radius 3 is 1.93 bits per heavy atom. The van der Waals surface area contributed by atoms with Crippen LogP contribution in [0.5, 0.6) is 0 Å². The molecule has 1 heterocycles. The molecule has 0 unspecified atom stereocenters. The standard InChI is InChI=1S/C24H45NO5/c1-6-7-14-17-29-25-23(2,3)18-20(19-24(25,4)5)30-22(28)16-13-11-9-8-10-12-15-21(26)27/h20H,6-19H2,1-5H3,(H,26,27). The second kappa shape index (κ2) is 13.3. The Kier molecular flexibility index (Phi) is 11.9. The molecule has 0 atom stereocenters. The molecule has 6 heteroatoms. The predicted molar refractivity (Wildman–Crippen MR) is 119 cm³/mol. The van der Waals surface area contributed by atoms with E-state index in [9.17, 15) is 9.59 Å². The summed E-state index contributed by atoms with van der Waals surface area (Å²) in [6, 6.07) is 0.